The summed E-state index contributed by atoms with van der Waals surface area (Å²) in [7, 11) is 0. The van der Waals surface area contributed by atoms with E-state index in [-0.39, 0.29) is 11.7 Å². The molecule has 4 nitrogen and oxygen atoms in total. The molecule has 0 saturated heterocycles. The van der Waals surface area contributed by atoms with E-state index in [0.717, 1.165) is 5.69 Å². The molecule has 0 bridgehead atoms. The van der Waals surface area contributed by atoms with E-state index in [4.69, 9.17) is 0 Å². The summed E-state index contributed by atoms with van der Waals surface area (Å²) in [5.74, 6) is 0.652. The van der Waals surface area contributed by atoms with Crippen molar-refractivity contribution in [2.45, 2.75) is 0 Å². The first-order valence-corrected chi connectivity index (χ1v) is 5.25. The molecule has 0 N–H and O–H groups in total. The highest BCUT2D eigenvalue weighted by atomic mass is 16.2. The summed E-state index contributed by atoms with van der Waals surface area (Å²) < 4.78 is 0. The van der Waals surface area contributed by atoms with Crippen LogP contribution in [0.4, 0.5) is 5.69 Å². The van der Waals surface area contributed by atoms with Crippen LogP contribution in [0.5, 0.6) is 0 Å². The maximum absolute atomic E-state index is 11.9. The highest BCUT2D eigenvalue weighted by Gasteiger charge is 2.29. The monoisotopic (exact) mass is 223 g/mol. The molecule has 0 saturated carbocycles. The van der Waals surface area contributed by atoms with Gasteiger partial charge in [0.05, 0.1) is 5.69 Å². The van der Waals surface area contributed by atoms with Crippen LogP contribution in [0, 0.1) is 0 Å². The van der Waals surface area contributed by atoms with Gasteiger partial charge in [-0.15, -0.1) is 0 Å². The first-order valence-electron chi connectivity index (χ1n) is 5.25. The fourth-order valence-corrected chi connectivity index (χ4v) is 1.66. The van der Waals surface area contributed by atoms with Gasteiger partial charge in [-0.1, -0.05) is 24.3 Å². The van der Waals surface area contributed by atoms with Gasteiger partial charge in [-0.25, -0.2) is 9.98 Å². The third kappa shape index (κ3) is 1.69. The summed E-state index contributed by atoms with van der Waals surface area (Å²) >= 11 is 0. The minimum atomic E-state index is -0.190. The van der Waals surface area contributed by atoms with E-state index in [1.54, 1.807) is 18.4 Å². The smallest absolute Gasteiger partial charge is 0.265 e. The summed E-state index contributed by atoms with van der Waals surface area (Å²) in [6, 6.07) is 9.33. The van der Waals surface area contributed by atoms with E-state index in [2.05, 4.69) is 9.98 Å². The highest BCUT2D eigenvalue weighted by molar-refractivity contribution is 6.48. The second kappa shape index (κ2) is 3.83. The van der Waals surface area contributed by atoms with E-state index in [1.807, 2.05) is 36.4 Å². The van der Waals surface area contributed by atoms with Crippen LogP contribution in [0.3, 0.4) is 0 Å². The standard InChI is InChI=1S/C13H9N3O/c17-13-12(14-10-6-2-1-3-7-10)15-11-8-4-5-9-16(11)13/h1-9H. The van der Waals surface area contributed by atoms with Gasteiger partial charge in [0, 0.05) is 6.20 Å². The van der Waals surface area contributed by atoms with Crippen LogP contribution in [0.15, 0.2) is 64.7 Å². The molecule has 2 heterocycles. The highest BCUT2D eigenvalue weighted by Crippen LogP contribution is 2.16. The summed E-state index contributed by atoms with van der Waals surface area (Å²) in [5.41, 5.74) is 0.730. The Morgan fingerprint density at radius 3 is 2.71 bits per heavy atom. The first-order chi connectivity index (χ1) is 8.34. The number of rotatable bonds is 1. The predicted molar refractivity (Wildman–Crippen MR) is 66.1 cm³/mol. The van der Waals surface area contributed by atoms with Crippen LogP contribution in [-0.4, -0.2) is 22.5 Å². The van der Waals surface area contributed by atoms with Crippen LogP contribution in [0.25, 0.3) is 0 Å². The summed E-state index contributed by atoms with van der Waals surface area (Å²) in [4.78, 5) is 21.9. The molecule has 0 radical (unpaired) electrons. The zero-order chi connectivity index (χ0) is 11.7. The maximum Gasteiger partial charge on any atom is 0.301 e. The van der Waals surface area contributed by atoms with E-state index in [0.29, 0.717) is 5.84 Å². The topological polar surface area (TPSA) is 45.0 Å². The molecule has 4 heteroatoms. The molecule has 0 fully saturated rings. The minimum Gasteiger partial charge on any atom is -0.265 e. The minimum absolute atomic E-state index is 0.190. The predicted octanol–water partition coefficient (Wildman–Crippen LogP) is 2.04. The van der Waals surface area contributed by atoms with E-state index in [1.165, 1.54) is 4.90 Å². The SMILES string of the molecule is O=C1C(=Nc2ccccc2)N=C2C=CC=CN12. The molecule has 0 unspecified atom stereocenters. The third-order valence-electron chi connectivity index (χ3n) is 2.46. The summed E-state index contributed by atoms with van der Waals surface area (Å²) in [5, 5.41) is 0. The molecule has 17 heavy (non-hydrogen) atoms. The maximum atomic E-state index is 11.9. The van der Waals surface area contributed by atoms with Gasteiger partial charge in [0.15, 0.2) is 0 Å². The van der Waals surface area contributed by atoms with Crippen molar-refractivity contribution in [3.63, 3.8) is 0 Å². The Morgan fingerprint density at radius 2 is 1.94 bits per heavy atom. The zero-order valence-corrected chi connectivity index (χ0v) is 8.95. The van der Waals surface area contributed by atoms with Crippen molar-refractivity contribution in [2.75, 3.05) is 0 Å². The Balaban J connectivity index is 1.99. The molecule has 1 aromatic carbocycles. The van der Waals surface area contributed by atoms with Crippen molar-refractivity contribution in [1.82, 2.24) is 4.90 Å². The number of aliphatic imine (C=N–C) groups is 2. The fourth-order valence-electron chi connectivity index (χ4n) is 1.66. The van der Waals surface area contributed by atoms with Gasteiger partial charge in [-0.2, -0.15) is 0 Å². The first kappa shape index (κ1) is 9.72. The zero-order valence-electron chi connectivity index (χ0n) is 8.95. The fraction of sp³-hybridized carbons (Fsp3) is 0. The number of carbonyl (C=O) groups is 1. The van der Waals surface area contributed by atoms with Crippen molar-refractivity contribution >= 4 is 23.3 Å². The Hall–Kier alpha value is -2.49. The van der Waals surface area contributed by atoms with Crippen LogP contribution in [0.2, 0.25) is 0 Å². The molecule has 0 aliphatic carbocycles. The number of benzene rings is 1. The quantitative estimate of drug-likeness (QED) is 0.718. The van der Waals surface area contributed by atoms with Gasteiger partial charge < -0.3 is 0 Å². The van der Waals surface area contributed by atoms with Crippen LogP contribution in [-0.2, 0) is 4.79 Å². The van der Waals surface area contributed by atoms with Gasteiger partial charge in [0.25, 0.3) is 0 Å². The molecule has 1 aromatic rings. The molecule has 82 valence electrons. The second-order valence-corrected chi connectivity index (χ2v) is 3.62. The molecular formula is C13H9N3O. The van der Waals surface area contributed by atoms with Crippen molar-refractivity contribution in [3.8, 4) is 0 Å². The average Bonchev–Trinajstić information content (AvgIpc) is 2.68. The van der Waals surface area contributed by atoms with E-state index >= 15 is 0 Å². The van der Waals surface area contributed by atoms with Gasteiger partial charge in [-0.3, -0.25) is 9.69 Å². The van der Waals surface area contributed by atoms with Crippen LogP contribution < -0.4 is 0 Å². The number of allylic oxidation sites excluding steroid dienone is 2. The molecule has 2 aliphatic heterocycles. The normalized spacial score (nSPS) is 19.8. The lowest BCUT2D eigenvalue weighted by molar-refractivity contribution is -0.118. The van der Waals surface area contributed by atoms with Gasteiger partial charge in [0.1, 0.15) is 5.84 Å². The lowest BCUT2D eigenvalue weighted by Crippen LogP contribution is -2.28. The number of para-hydroxylation sites is 1. The van der Waals surface area contributed by atoms with Gasteiger partial charge >= 0.3 is 5.91 Å². The number of amides is 1. The lowest BCUT2D eigenvalue weighted by atomic mass is 10.3. The largest absolute Gasteiger partial charge is 0.301 e. The molecule has 3 rings (SSSR count). The molecule has 0 atom stereocenters. The summed E-state index contributed by atoms with van der Waals surface area (Å²) in [6.07, 6.45) is 7.11. The number of fused-ring (bicyclic) bond motifs is 1. The van der Waals surface area contributed by atoms with Crippen molar-refractivity contribution < 1.29 is 4.79 Å². The average molecular weight is 223 g/mol. The molecule has 2 aliphatic rings. The Labute approximate surface area is 98.3 Å². The van der Waals surface area contributed by atoms with Crippen LogP contribution in [0.1, 0.15) is 0 Å². The summed E-state index contributed by atoms with van der Waals surface area (Å²) in [6.45, 7) is 0. The number of nitrogens with zero attached hydrogens (tertiary/aromatic N) is 3. The molecule has 0 aromatic heterocycles. The van der Waals surface area contributed by atoms with Gasteiger partial charge in [0.2, 0.25) is 5.84 Å². The second-order valence-electron chi connectivity index (χ2n) is 3.62. The van der Waals surface area contributed by atoms with Gasteiger partial charge in [-0.05, 0) is 24.3 Å². The Morgan fingerprint density at radius 1 is 1.12 bits per heavy atom. The van der Waals surface area contributed by atoms with Crippen molar-refractivity contribution in [1.29, 1.82) is 0 Å². The third-order valence-corrected chi connectivity index (χ3v) is 2.46. The van der Waals surface area contributed by atoms with Crippen LogP contribution >= 0.6 is 0 Å². The number of hydrogen-bond acceptors (Lipinski definition) is 2. The lowest BCUT2D eigenvalue weighted by Gasteiger charge is -2.11. The molecule has 0 spiro atoms. The van der Waals surface area contributed by atoms with Crippen molar-refractivity contribution in [3.05, 3.63) is 54.8 Å². The van der Waals surface area contributed by atoms with Crippen molar-refractivity contribution in [2.24, 2.45) is 9.98 Å². The number of amidine groups is 2. The number of hydrogen-bond donors (Lipinski definition) is 0. The Kier molecular flexibility index (Phi) is 2.19. The molecule has 1 amide bonds. The van der Waals surface area contributed by atoms with E-state index < -0.39 is 0 Å². The van der Waals surface area contributed by atoms with E-state index in [9.17, 15) is 4.79 Å². The number of carbonyl (C=O) groups excluding carboxylic acids is 1. The Bertz CT molecular complexity index is 582. The molecular weight excluding hydrogens is 214 g/mol.